The van der Waals surface area contributed by atoms with Crippen LogP contribution in [0.4, 0.5) is 5.82 Å². The number of aromatic nitrogens is 2. The van der Waals surface area contributed by atoms with Gasteiger partial charge in [-0.25, -0.2) is 4.98 Å². The van der Waals surface area contributed by atoms with E-state index in [-0.39, 0.29) is 11.4 Å². The predicted molar refractivity (Wildman–Crippen MR) is 71.7 cm³/mol. The summed E-state index contributed by atoms with van der Waals surface area (Å²) in [5, 5.41) is 0. The summed E-state index contributed by atoms with van der Waals surface area (Å²) in [6, 6.07) is 9.79. The lowest BCUT2D eigenvalue weighted by atomic mass is 9.87. The van der Waals surface area contributed by atoms with Gasteiger partial charge in [0, 0.05) is 6.20 Å². The molecule has 0 radical (unpaired) electrons. The molecular formula is C14H17N3O. The fourth-order valence-electron chi connectivity index (χ4n) is 1.53. The molecule has 0 amide bonds. The predicted octanol–water partition coefficient (Wildman–Crippen LogP) is 3.15. The molecule has 0 saturated heterocycles. The van der Waals surface area contributed by atoms with Gasteiger partial charge in [-0.05, 0) is 29.2 Å². The number of nitrogens with two attached hydrogens (primary N) is 1. The maximum atomic E-state index is 5.59. The summed E-state index contributed by atoms with van der Waals surface area (Å²) in [5.74, 6) is 1.11. The zero-order valence-electron chi connectivity index (χ0n) is 10.8. The molecule has 1 heterocycles. The van der Waals surface area contributed by atoms with Crippen LogP contribution < -0.4 is 10.5 Å². The van der Waals surface area contributed by atoms with Gasteiger partial charge >= 0.3 is 6.01 Å². The Kier molecular flexibility index (Phi) is 3.19. The van der Waals surface area contributed by atoms with Crippen LogP contribution in [-0.4, -0.2) is 9.97 Å². The Morgan fingerprint density at radius 3 is 2.61 bits per heavy atom. The lowest BCUT2D eigenvalue weighted by molar-refractivity contribution is 0.440. The van der Waals surface area contributed by atoms with Crippen molar-refractivity contribution in [3.8, 4) is 11.8 Å². The summed E-state index contributed by atoms with van der Waals surface area (Å²) in [7, 11) is 0. The maximum absolute atomic E-state index is 5.59. The van der Waals surface area contributed by atoms with Crippen molar-refractivity contribution < 1.29 is 4.74 Å². The monoisotopic (exact) mass is 243 g/mol. The summed E-state index contributed by atoms with van der Waals surface area (Å²) >= 11 is 0. The van der Waals surface area contributed by atoms with E-state index < -0.39 is 0 Å². The second-order valence-corrected chi connectivity index (χ2v) is 5.14. The number of nitrogens with zero attached hydrogens (tertiary/aromatic N) is 2. The summed E-state index contributed by atoms with van der Waals surface area (Å²) in [4.78, 5) is 8.02. The Morgan fingerprint density at radius 2 is 1.94 bits per heavy atom. The zero-order valence-corrected chi connectivity index (χ0v) is 10.8. The first kappa shape index (κ1) is 12.4. The molecule has 94 valence electrons. The molecule has 0 spiro atoms. The second kappa shape index (κ2) is 4.64. The van der Waals surface area contributed by atoms with Crippen LogP contribution in [-0.2, 0) is 5.41 Å². The van der Waals surface area contributed by atoms with E-state index in [0.717, 1.165) is 0 Å². The standard InChI is InChI=1S/C14H17N3O/c1-14(2,3)10-5-4-6-11(9-10)18-13-16-8-7-12(15)17-13/h4-9H,1-3H3,(H2,15,16,17). The first-order chi connectivity index (χ1) is 8.45. The second-order valence-electron chi connectivity index (χ2n) is 5.14. The van der Waals surface area contributed by atoms with Crippen molar-refractivity contribution in [2.75, 3.05) is 5.73 Å². The fraction of sp³-hybridized carbons (Fsp3) is 0.286. The number of ether oxygens (including phenoxy) is 1. The van der Waals surface area contributed by atoms with Crippen molar-refractivity contribution in [1.82, 2.24) is 9.97 Å². The van der Waals surface area contributed by atoms with E-state index in [1.54, 1.807) is 12.3 Å². The van der Waals surface area contributed by atoms with E-state index in [9.17, 15) is 0 Å². The smallest absolute Gasteiger partial charge is 0.323 e. The molecule has 0 aliphatic heterocycles. The van der Waals surface area contributed by atoms with Gasteiger partial charge in [0.1, 0.15) is 11.6 Å². The SMILES string of the molecule is CC(C)(C)c1cccc(Oc2nccc(N)n2)c1. The Balaban J connectivity index is 2.25. The van der Waals surface area contributed by atoms with Gasteiger partial charge in [0.2, 0.25) is 0 Å². The van der Waals surface area contributed by atoms with Crippen LogP contribution in [0.25, 0.3) is 0 Å². The van der Waals surface area contributed by atoms with E-state index in [4.69, 9.17) is 10.5 Å². The van der Waals surface area contributed by atoms with Crippen molar-refractivity contribution in [2.24, 2.45) is 0 Å². The van der Waals surface area contributed by atoms with Gasteiger partial charge in [0.25, 0.3) is 0 Å². The van der Waals surface area contributed by atoms with Gasteiger partial charge < -0.3 is 10.5 Å². The van der Waals surface area contributed by atoms with Crippen molar-refractivity contribution in [3.63, 3.8) is 0 Å². The first-order valence-electron chi connectivity index (χ1n) is 5.82. The van der Waals surface area contributed by atoms with E-state index in [0.29, 0.717) is 11.6 Å². The highest BCUT2D eigenvalue weighted by Gasteiger charge is 2.14. The molecule has 2 rings (SSSR count). The van der Waals surface area contributed by atoms with Crippen LogP contribution in [0.5, 0.6) is 11.8 Å². The van der Waals surface area contributed by atoms with Gasteiger partial charge in [-0.2, -0.15) is 4.98 Å². The third-order valence-electron chi connectivity index (χ3n) is 2.56. The number of hydrogen-bond donors (Lipinski definition) is 1. The molecule has 0 fully saturated rings. The minimum atomic E-state index is 0.0793. The number of hydrogen-bond acceptors (Lipinski definition) is 4. The van der Waals surface area contributed by atoms with Crippen LogP contribution >= 0.6 is 0 Å². The van der Waals surface area contributed by atoms with Gasteiger partial charge in [0.15, 0.2) is 0 Å². The number of nitrogen functional groups attached to an aromatic ring is 1. The van der Waals surface area contributed by atoms with Crippen molar-refractivity contribution in [3.05, 3.63) is 42.1 Å². The molecule has 1 aromatic heterocycles. The summed E-state index contributed by atoms with van der Waals surface area (Å²) in [6.45, 7) is 6.47. The van der Waals surface area contributed by atoms with E-state index in [1.165, 1.54) is 5.56 Å². The largest absolute Gasteiger partial charge is 0.424 e. The van der Waals surface area contributed by atoms with Gasteiger partial charge in [-0.3, -0.25) is 0 Å². The molecule has 0 atom stereocenters. The van der Waals surface area contributed by atoms with Gasteiger partial charge in [-0.1, -0.05) is 32.9 Å². The van der Waals surface area contributed by atoms with Crippen LogP contribution in [0.1, 0.15) is 26.3 Å². The van der Waals surface area contributed by atoms with Crippen molar-refractivity contribution in [2.45, 2.75) is 26.2 Å². The third kappa shape index (κ3) is 2.97. The Hall–Kier alpha value is -2.10. The lowest BCUT2D eigenvalue weighted by Crippen LogP contribution is -2.10. The molecule has 2 aromatic rings. The van der Waals surface area contributed by atoms with E-state index >= 15 is 0 Å². The minimum absolute atomic E-state index is 0.0793. The average Bonchev–Trinajstić information content (AvgIpc) is 2.28. The molecule has 0 aliphatic rings. The normalized spacial score (nSPS) is 11.3. The number of anilines is 1. The topological polar surface area (TPSA) is 61.0 Å². The van der Waals surface area contributed by atoms with E-state index in [1.807, 2.05) is 18.2 Å². The van der Waals surface area contributed by atoms with E-state index in [2.05, 4.69) is 36.8 Å². The summed E-state index contributed by atoms with van der Waals surface area (Å²) in [6.07, 6.45) is 1.57. The third-order valence-corrected chi connectivity index (χ3v) is 2.56. The van der Waals surface area contributed by atoms with Crippen LogP contribution in [0.15, 0.2) is 36.5 Å². The molecule has 4 nitrogen and oxygen atoms in total. The highest BCUT2D eigenvalue weighted by Crippen LogP contribution is 2.27. The summed E-state index contributed by atoms with van der Waals surface area (Å²) in [5.41, 5.74) is 6.86. The molecule has 4 heteroatoms. The number of rotatable bonds is 2. The van der Waals surface area contributed by atoms with Gasteiger partial charge in [-0.15, -0.1) is 0 Å². The van der Waals surface area contributed by atoms with Crippen LogP contribution in [0.3, 0.4) is 0 Å². The first-order valence-corrected chi connectivity index (χ1v) is 5.82. The molecule has 0 unspecified atom stereocenters. The highest BCUT2D eigenvalue weighted by molar-refractivity contribution is 5.35. The maximum Gasteiger partial charge on any atom is 0.323 e. The summed E-state index contributed by atoms with van der Waals surface area (Å²) < 4.78 is 5.59. The highest BCUT2D eigenvalue weighted by atomic mass is 16.5. The van der Waals surface area contributed by atoms with Crippen molar-refractivity contribution >= 4 is 5.82 Å². The Morgan fingerprint density at radius 1 is 1.17 bits per heavy atom. The quantitative estimate of drug-likeness (QED) is 0.880. The Labute approximate surface area is 107 Å². The Bertz CT molecular complexity index is 547. The fourth-order valence-corrected chi connectivity index (χ4v) is 1.53. The molecule has 2 N–H and O–H groups in total. The molecule has 0 saturated carbocycles. The average molecular weight is 243 g/mol. The van der Waals surface area contributed by atoms with Crippen LogP contribution in [0.2, 0.25) is 0 Å². The van der Waals surface area contributed by atoms with Crippen LogP contribution in [0, 0.1) is 0 Å². The van der Waals surface area contributed by atoms with Gasteiger partial charge in [0.05, 0.1) is 0 Å². The zero-order chi connectivity index (χ0) is 13.2. The molecule has 1 aromatic carbocycles. The molecule has 0 bridgehead atoms. The molecule has 0 aliphatic carbocycles. The number of benzene rings is 1. The minimum Gasteiger partial charge on any atom is -0.424 e. The molecular weight excluding hydrogens is 226 g/mol. The molecule has 18 heavy (non-hydrogen) atoms. The van der Waals surface area contributed by atoms with Crippen molar-refractivity contribution in [1.29, 1.82) is 0 Å². The lowest BCUT2D eigenvalue weighted by Gasteiger charge is -2.19.